The van der Waals surface area contributed by atoms with Gasteiger partial charge in [0.25, 0.3) is 0 Å². The summed E-state index contributed by atoms with van der Waals surface area (Å²) in [7, 11) is 0. The monoisotopic (exact) mass is 181 g/mol. The van der Waals surface area contributed by atoms with Gasteiger partial charge in [-0.05, 0) is 30.5 Å². The number of nitrogens with one attached hydrogen (secondary N) is 1. The summed E-state index contributed by atoms with van der Waals surface area (Å²) in [6, 6.07) is 4.81. The molecule has 0 radical (unpaired) electrons. The Morgan fingerprint density at radius 1 is 1.38 bits per heavy atom. The molecule has 0 aliphatic rings. The molecule has 0 amide bonds. The topological polar surface area (TPSA) is 12.0 Å². The largest absolute Gasteiger partial charge is 0.384 e. The maximum Gasteiger partial charge on any atom is 0.125 e. The molecule has 13 heavy (non-hydrogen) atoms. The molecule has 1 aromatic rings. The van der Waals surface area contributed by atoms with Crippen LogP contribution >= 0.6 is 0 Å². The van der Waals surface area contributed by atoms with E-state index in [1.807, 2.05) is 6.92 Å². The van der Waals surface area contributed by atoms with Crippen LogP contribution in [-0.2, 0) is 0 Å². The van der Waals surface area contributed by atoms with E-state index in [9.17, 15) is 4.39 Å². The molecule has 0 aromatic heterocycles. The standard InChI is InChI=1S/C11H16FN/c1-8(2)7-13-11-6-10(12)5-4-9(11)3/h4-6,8,13H,7H2,1-3H3. The van der Waals surface area contributed by atoms with E-state index in [0.717, 1.165) is 17.8 Å². The Morgan fingerprint density at radius 3 is 2.69 bits per heavy atom. The zero-order valence-corrected chi connectivity index (χ0v) is 8.39. The van der Waals surface area contributed by atoms with Crippen LogP contribution in [0, 0.1) is 18.7 Å². The van der Waals surface area contributed by atoms with Crippen molar-refractivity contribution < 1.29 is 4.39 Å². The Balaban J connectivity index is 2.70. The average Bonchev–Trinajstić information content (AvgIpc) is 2.06. The first-order valence-electron chi connectivity index (χ1n) is 4.59. The second-order valence-electron chi connectivity index (χ2n) is 3.73. The number of halogens is 1. The lowest BCUT2D eigenvalue weighted by atomic mass is 10.1. The van der Waals surface area contributed by atoms with Crippen molar-refractivity contribution in [2.45, 2.75) is 20.8 Å². The molecule has 0 saturated heterocycles. The van der Waals surface area contributed by atoms with Crippen LogP contribution in [-0.4, -0.2) is 6.54 Å². The van der Waals surface area contributed by atoms with E-state index in [0.29, 0.717) is 5.92 Å². The molecule has 1 aromatic carbocycles. The van der Waals surface area contributed by atoms with E-state index < -0.39 is 0 Å². The summed E-state index contributed by atoms with van der Waals surface area (Å²) < 4.78 is 12.8. The lowest BCUT2D eigenvalue weighted by Gasteiger charge is -2.11. The maximum atomic E-state index is 12.8. The first-order chi connectivity index (χ1) is 6.09. The number of anilines is 1. The highest BCUT2D eigenvalue weighted by Gasteiger charge is 2.00. The van der Waals surface area contributed by atoms with Crippen molar-refractivity contribution in [2.75, 3.05) is 11.9 Å². The Bertz CT molecular complexity index is 281. The first-order valence-corrected chi connectivity index (χ1v) is 4.59. The molecule has 1 rings (SSSR count). The third kappa shape index (κ3) is 3.05. The number of rotatable bonds is 3. The normalized spacial score (nSPS) is 10.5. The Kier molecular flexibility index (Phi) is 3.29. The zero-order chi connectivity index (χ0) is 9.84. The maximum absolute atomic E-state index is 12.8. The van der Waals surface area contributed by atoms with Crippen LogP contribution in [0.4, 0.5) is 10.1 Å². The molecule has 1 N–H and O–H groups in total. The predicted molar refractivity (Wildman–Crippen MR) is 54.5 cm³/mol. The molecule has 72 valence electrons. The molecule has 0 bridgehead atoms. The Hall–Kier alpha value is -1.05. The molecule has 0 saturated carbocycles. The van der Waals surface area contributed by atoms with E-state index >= 15 is 0 Å². The molecule has 2 heteroatoms. The van der Waals surface area contributed by atoms with E-state index in [1.165, 1.54) is 12.1 Å². The fourth-order valence-electron chi connectivity index (χ4n) is 1.10. The van der Waals surface area contributed by atoms with Crippen molar-refractivity contribution in [2.24, 2.45) is 5.92 Å². The van der Waals surface area contributed by atoms with Gasteiger partial charge in [-0.15, -0.1) is 0 Å². The fraction of sp³-hybridized carbons (Fsp3) is 0.455. The third-order valence-corrected chi connectivity index (χ3v) is 1.90. The van der Waals surface area contributed by atoms with Gasteiger partial charge in [0.2, 0.25) is 0 Å². The molecule has 0 aliphatic heterocycles. The minimum absolute atomic E-state index is 0.183. The average molecular weight is 181 g/mol. The highest BCUT2D eigenvalue weighted by atomic mass is 19.1. The highest BCUT2D eigenvalue weighted by molar-refractivity contribution is 5.50. The number of hydrogen-bond donors (Lipinski definition) is 1. The van der Waals surface area contributed by atoms with Crippen molar-refractivity contribution in [3.05, 3.63) is 29.6 Å². The van der Waals surface area contributed by atoms with Gasteiger partial charge >= 0.3 is 0 Å². The van der Waals surface area contributed by atoms with Crippen LogP contribution in [0.25, 0.3) is 0 Å². The van der Waals surface area contributed by atoms with Crippen molar-refractivity contribution in [1.82, 2.24) is 0 Å². The fourth-order valence-corrected chi connectivity index (χ4v) is 1.10. The van der Waals surface area contributed by atoms with Crippen LogP contribution in [0.2, 0.25) is 0 Å². The van der Waals surface area contributed by atoms with Gasteiger partial charge in [0.05, 0.1) is 0 Å². The summed E-state index contributed by atoms with van der Waals surface area (Å²) in [5, 5.41) is 3.21. The van der Waals surface area contributed by atoms with Crippen molar-refractivity contribution in [3.8, 4) is 0 Å². The molecular weight excluding hydrogens is 165 g/mol. The predicted octanol–water partition coefficient (Wildman–Crippen LogP) is 3.20. The van der Waals surface area contributed by atoms with Gasteiger partial charge in [0.1, 0.15) is 5.82 Å². The van der Waals surface area contributed by atoms with Crippen LogP contribution in [0.1, 0.15) is 19.4 Å². The minimum Gasteiger partial charge on any atom is -0.384 e. The Labute approximate surface area is 79.0 Å². The number of aryl methyl sites for hydroxylation is 1. The summed E-state index contributed by atoms with van der Waals surface area (Å²) >= 11 is 0. The van der Waals surface area contributed by atoms with Crippen LogP contribution in [0.5, 0.6) is 0 Å². The molecule has 0 atom stereocenters. The molecule has 0 fully saturated rings. The van der Waals surface area contributed by atoms with E-state index in [4.69, 9.17) is 0 Å². The van der Waals surface area contributed by atoms with Crippen molar-refractivity contribution >= 4 is 5.69 Å². The van der Waals surface area contributed by atoms with Crippen LogP contribution < -0.4 is 5.32 Å². The van der Waals surface area contributed by atoms with Crippen LogP contribution in [0.3, 0.4) is 0 Å². The van der Waals surface area contributed by atoms with E-state index in [-0.39, 0.29) is 5.82 Å². The number of hydrogen-bond acceptors (Lipinski definition) is 1. The quantitative estimate of drug-likeness (QED) is 0.755. The second-order valence-corrected chi connectivity index (χ2v) is 3.73. The first kappa shape index (κ1) is 10.0. The van der Waals surface area contributed by atoms with E-state index in [1.54, 1.807) is 6.07 Å². The van der Waals surface area contributed by atoms with Gasteiger partial charge in [0.15, 0.2) is 0 Å². The zero-order valence-electron chi connectivity index (χ0n) is 8.39. The van der Waals surface area contributed by atoms with Gasteiger partial charge in [0, 0.05) is 12.2 Å². The molecule has 0 aliphatic carbocycles. The third-order valence-electron chi connectivity index (χ3n) is 1.90. The SMILES string of the molecule is Cc1ccc(F)cc1NCC(C)C. The summed E-state index contributed by atoms with van der Waals surface area (Å²) in [4.78, 5) is 0. The lowest BCUT2D eigenvalue weighted by Crippen LogP contribution is -2.08. The summed E-state index contributed by atoms with van der Waals surface area (Å²) in [6.45, 7) is 7.11. The van der Waals surface area contributed by atoms with Crippen molar-refractivity contribution in [3.63, 3.8) is 0 Å². The molecule has 0 heterocycles. The molecule has 0 spiro atoms. The second kappa shape index (κ2) is 4.26. The Morgan fingerprint density at radius 2 is 2.08 bits per heavy atom. The van der Waals surface area contributed by atoms with E-state index in [2.05, 4.69) is 19.2 Å². The lowest BCUT2D eigenvalue weighted by molar-refractivity contribution is 0.627. The van der Waals surface area contributed by atoms with Crippen LogP contribution in [0.15, 0.2) is 18.2 Å². The molecule has 0 unspecified atom stereocenters. The van der Waals surface area contributed by atoms with Gasteiger partial charge < -0.3 is 5.32 Å². The van der Waals surface area contributed by atoms with Gasteiger partial charge in [-0.2, -0.15) is 0 Å². The summed E-state index contributed by atoms with van der Waals surface area (Å²) in [6.07, 6.45) is 0. The number of benzene rings is 1. The minimum atomic E-state index is -0.183. The van der Waals surface area contributed by atoms with Crippen molar-refractivity contribution in [1.29, 1.82) is 0 Å². The van der Waals surface area contributed by atoms with Gasteiger partial charge in [-0.3, -0.25) is 0 Å². The van der Waals surface area contributed by atoms with Gasteiger partial charge in [-0.1, -0.05) is 19.9 Å². The highest BCUT2D eigenvalue weighted by Crippen LogP contribution is 2.16. The summed E-state index contributed by atoms with van der Waals surface area (Å²) in [5.41, 5.74) is 1.98. The molecular formula is C11H16FN. The van der Waals surface area contributed by atoms with Gasteiger partial charge in [-0.25, -0.2) is 4.39 Å². The summed E-state index contributed by atoms with van der Waals surface area (Å²) in [5.74, 6) is 0.388. The smallest absolute Gasteiger partial charge is 0.125 e. The molecule has 1 nitrogen and oxygen atoms in total.